The van der Waals surface area contributed by atoms with Crippen molar-refractivity contribution in [3.8, 4) is 5.75 Å². The van der Waals surface area contributed by atoms with Gasteiger partial charge in [0.1, 0.15) is 24.1 Å². The Hall–Kier alpha value is -1.69. The summed E-state index contributed by atoms with van der Waals surface area (Å²) in [4.78, 5) is 12.1. The summed E-state index contributed by atoms with van der Waals surface area (Å²) in [5.41, 5.74) is 5.82. The lowest BCUT2D eigenvalue weighted by Gasteiger charge is -2.32. The largest absolute Gasteiger partial charge is 0.483 e. The monoisotopic (exact) mass is 357 g/mol. The van der Waals surface area contributed by atoms with Crippen molar-refractivity contribution in [2.75, 3.05) is 0 Å². The van der Waals surface area contributed by atoms with Gasteiger partial charge in [0.05, 0.1) is 0 Å². The minimum absolute atomic E-state index is 0.0146. The zero-order chi connectivity index (χ0) is 19.1. The number of hydrogen-bond donors (Lipinski definition) is 1. The highest BCUT2D eigenvalue weighted by Crippen LogP contribution is 2.27. The molecule has 0 heterocycles. The van der Waals surface area contributed by atoms with E-state index in [0.717, 1.165) is 31.0 Å². The number of hydrogen-bond acceptors (Lipinski definition) is 4. The van der Waals surface area contributed by atoms with Crippen LogP contribution in [0.4, 0.5) is 8.78 Å². The Morgan fingerprint density at radius 3 is 2.28 bits per heavy atom. The second-order valence-corrected chi connectivity index (χ2v) is 6.65. The molecule has 0 unspecified atom stereocenters. The van der Waals surface area contributed by atoms with Crippen LogP contribution in [0.25, 0.3) is 0 Å². The first-order valence-corrected chi connectivity index (χ1v) is 8.78. The second-order valence-electron chi connectivity index (χ2n) is 6.65. The molecule has 1 aromatic rings. The van der Waals surface area contributed by atoms with Crippen LogP contribution < -0.4 is 10.5 Å². The van der Waals surface area contributed by atoms with Gasteiger partial charge in [-0.2, -0.15) is 0 Å². The van der Waals surface area contributed by atoms with Crippen LogP contribution in [0.5, 0.6) is 5.75 Å². The Morgan fingerprint density at radius 1 is 1.16 bits per heavy atom. The quantitative estimate of drug-likeness (QED) is 0.677. The van der Waals surface area contributed by atoms with Crippen LogP contribution in [0, 0.1) is 23.5 Å². The number of esters is 1. The zero-order valence-electron chi connectivity index (χ0n) is 15.6. The molecule has 0 radical (unpaired) electrons. The van der Waals surface area contributed by atoms with Crippen LogP contribution in [-0.4, -0.2) is 24.2 Å². The normalized spacial score (nSPS) is 15.1. The van der Waals surface area contributed by atoms with Crippen LogP contribution >= 0.6 is 0 Å². The molecule has 0 spiro atoms. The maximum atomic E-state index is 13.9. The van der Waals surface area contributed by atoms with E-state index in [1.807, 2.05) is 27.7 Å². The van der Waals surface area contributed by atoms with E-state index in [-0.39, 0.29) is 17.6 Å². The first-order chi connectivity index (χ1) is 11.7. The van der Waals surface area contributed by atoms with Gasteiger partial charge in [-0.1, -0.05) is 27.7 Å². The molecule has 0 aromatic heterocycles. The Bertz CT molecular complexity index is 562. The van der Waals surface area contributed by atoms with Crippen molar-refractivity contribution >= 4 is 5.97 Å². The average molecular weight is 357 g/mol. The van der Waals surface area contributed by atoms with Gasteiger partial charge in [-0.25, -0.2) is 8.78 Å². The molecule has 0 saturated carbocycles. The van der Waals surface area contributed by atoms with Crippen molar-refractivity contribution in [3.05, 3.63) is 29.8 Å². The summed E-state index contributed by atoms with van der Waals surface area (Å²) >= 11 is 0. The highest BCUT2D eigenvalue weighted by atomic mass is 19.1. The molecule has 6 heteroatoms. The Labute approximate surface area is 148 Å². The zero-order valence-corrected chi connectivity index (χ0v) is 15.6. The van der Waals surface area contributed by atoms with Crippen LogP contribution in [-0.2, 0) is 9.53 Å². The molecule has 4 nitrogen and oxygen atoms in total. The molecule has 3 atom stereocenters. The summed E-state index contributed by atoms with van der Waals surface area (Å²) in [5.74, 6) is -2.01. The van der Waals surface area contributed by atoms with Gasteiger partial charge < -0.3 is 15.2 Å². The summed E-state index contributed by atoms with van der Waals surface area (Å²) in [5, 5.41) is 0. The van der Waals surface area contributed by atoms with E-state index in [4.69, 9.17) is 15.2 Å². The van der Waals surface area contributed by atoms with Crippen LogP contribution in [0.15, 0.2) is 18.2 Å². The molecule has 1 rings (SSSR count). The van der Waals surface area contributed by atoms with Crippen molar-refractivity contribution in [1.82, 2.24) is 0 Å². The van der Waals surface area contributed by atoms with Crippen molar-refractivity contribution < 1.29 is 23.0 Å². The van der Waals surface area contributed by atoms with Crippen molar-refractivity contribution in [2.24, 2.45) is 17.6 Å². The summed E-state index contributed by atoms with van der Waals surface area (Å²) in [6.45, 7) is 9.29. The van der Waals surface area contributed by atoms with Gasteiger partial charge in [-0.3, -0.25) is 4.79 Å². The molecule has 0 saturated heterocycles. The number of ether oxygens (including phenoxy) is 2. The van der Waals surface area contributed by atoms with Crippen LogP contribution in [0.2, 0.25) is 0 Å². The lowest BCUT2D eigenvalue weighted by Crippen LogP contribution is -2.44. The molecule has 2 N–H and O–H groups in total. The SMILES string of the molecule is CCC(CC)[C@@H](Oc1cc(F)ccc1F)[C@H](C)OC(=O)[C@@H](N)C(C)C. The van der Waals surface area contributed by atoms with Crippen LogP contribution in [0.3, 0.4) is 0 Å². The summed E-state index contributed by atoms with van der Waals surface area (Å²) < 4.78 is 38.6. The fraction of sp³-hybridized carbons (Fsp3) is 0.632. The molecule has 0 aliphatic heterocycles. The molecular weight excluding hydrogens is 328 g/mol. The molecular formula is C19H29F2NO3. The highest BCUT2D eigenvalue weighted by molar-refractivity contribution is 5.75. The Morgan fingerprint density at radius 2 is 1.76 bits per heavy atom. The van der Waals surface area contributed by atoms with Crippen molar-refractivity contribution in [3.63, 3.8) is 0 Å². The number of carbonyl (C=O) groups is 1. The molecule has 0 aliphatic carbocycles. The molecule has 142 valence electrons. The first kappa shape index (κ1) is 21.4. The van der Waals surface area contributed by atoms with Gasteiger partial charge in [-0.05, 0) is 43.7 Å². The molecule has 0 amide bonds. The molecule has 25 heavy (non-hydrogen) atoms. The van der Waals surface area contributed by atoms with E-state index in [1.54, 1.807) is 6.92 Å². The van der Waals surface area contributed by atoms with Crippen LogP contribution in [0.1, 0.15) is 47.5 Å². The first-order valence-electron chi connectivity index (χ1n) is 8.78. The van der Waals surface area contributed by atoms with Gasteiger partial charge in [-0.15, -0.1) is 0 Å². The van der Waals surface area contributed by atoms with E-state index in [9.17, 15) is 13.6 Å². The van der Waals surface area contributed by atoms with Gasteiger partial charge in [0.25, 0.3) is 0 Å². The van der Waals surface area contributed by atoms with Gasteiger partial charge in [0, 0.05) is 6.07 Å². The summed E-state index contributed by atoms with van der Waals surface area (Å²) in [6.07, 6.45) is 0.242. The predicted octanol–water partition coefficient (Wildman–Crippen LogP) is 4.06. The Balaban J connectivity index is 2.99. The fourth-order valence-corrected chi connectivity index (χ4v) is 2.64. The second kappa shape index (κ2) is 9.70. The minimum atomic E-state index is -0.740. The smallest absolute Gasteiger partial charge is 0.323 e. The molecule has 0 fully saturated rings. The summed E-state index contributed by atoms with van der Waals surface area (Å²) in [7, 11) is 0. The average Bonchev–Trinajstić information content (AvgIpc) is 2.56. The van der Waals surface area contributed by atoms with Gasteiger partial charge in [0.2, 0.25) is 0 Å². The molecule has 1 aromatic carbocycles. The third-order valence-electron chi connectivity index (χ3n) is 4.42. The topological polar surface area (TPSA) is 61.5 Å². The van der Waals surface area contributed by atoms with E-state index in [1.165, 1.54) is 0 Å². The molecule has 0 aliphatic rings. The van der Waals surface area contributed by atoms with Gasteiger partial charge in [0.15, 0.2) is 11.6 Å². The number of carbonyl (C=O) groups excluding carboxylic acids is 1. The number of halogens is 2. The van der Waals surface area contributed by atoms with E-state index in [0.29, 0.717) is 0 Å². The third-order valence-corrected chi connectivity index (χ3v) is 4.42. The van der Waals surface area contributed by atoms with Crippen molar-refractivity contribution in [1.29, 1.82) is 0 Å². The lowest BCUT2D eigenvalue weighted by molar-refractivity contribution is -0.157. The third kappa shape index (κ3) is 5.96. The van der Waals surface area contributed by atoms with E-state index >= 15 is 0 Å². The highest BCUT2D eigenvalue weighted by Gasteiger charge is 2.32. The number of rotatable bonds is 9. The van der Waals surface area contributed by atoms with Gasteiger partial charge >= 0.3 is 5.97 Å². The summed E-state index contributed by atoms with van der Waals surface area (Å²) in [6, 6.07) is 2.30. The van der Waals surface area contributed by atoms with E-state index < -0.39 is 35.9 Å². The minimum Gasteiger partial charge on any atom is -0.483 e. The fourth-order valence-electron chi connectivity index (χ4n) is 2.64. The maximum Gasteiger partial charge on any atom is 0.323 e. The maximum absolute atomic E-state index is 13.9. The number of benzene rings is 1. The van der Waals surface area contributed by atoms with E-state index in [2.05, 4.69) is 0 Å². The standard InChI is InChI=1S/C19H29F2NO3/c1-6-13(7-2)18(12(5)24-19(23)17(22)11(3)4)25-16-10-14(20)8-9-15(16)21/h8-13,17-18H,6-7,22H2,1-5H3/t12-,17-,18-/m0/s1. The Kier molecular flexibility index (Phi) is 8.29. The van der Waals surface area contributed by atoms with Crippen molar-refractivity contribution in [2.45, 2.75) is 65.7 Å². The lowest BCUT2D eigenvalue weighted by atomic mass is 9.93. The predicted molar refractivity (Wildman–Crippen MR) is 93.2 cm³/mol. The molecule has 0 bridgehead atoms. The number of nitrogens with two attached hydrogens (primary N) is 1.